The fourth-order valence-corrected chi connectivity index (χ4v) is 3.98. The first-order valence-electron chi connectivity index (χ1n) is 7.98. The first kappa shape index (κ1) is 21.2. The van der Waals surface area contributed by atoms with Gasteiger partial charge < -0.3 is 9.47 Å². The van der Waals surface area contributed by atoms with Crippen LogP contribution in [0.4, 0.5) is 8.78 Å². The lowest BCUT2D eigenvalue weighted by Crippen LogP contribution is -2.62. The monoisotopic (exact) mass is 450 g/mol. The van der Waals surface area contributed by atoms with E-state index in [0.717, 1.165) is 0 Å². The summed E-state index contributed by atoms with van der Waals surface area (Å²) >= 11 is 3.30. The molecule has 0 amide bonds. The minimum absolute atomic E-state index is 0.0385. The number of halogens is 3. The highest BCUT2D eigenvalue weighted by atomic mass is 79.9. The van der Waals surface area contributed by atoms with E-state index in [9.17, 15) is 4.21 Å². The third-order valence-corrected chi connectivity index (χ3v) is 6.17. The van der Waals surface area contributed by atoms with Gasteiger partial charge in [0.15, 0.2) is 0 Å². The second kappa shape index (κ2) is 7.89. The van der Waals surface area contributed by atoms with Gasteiger partial charge in [-0.25, -0.2) is 17.7 Å². The number of nitriles is 1. The fourth-order valence-electron chi connectivity index (χ4n) is 2.63. The van der Waals surface area contributed by atoms with Gasteiger partial charge in [0.25, 0.3) is 5.92 Å². The molecule has 1 aliphatic heterocycles. The van der Waals surface area contributed by atoms with E-state index in [-0.39, 0.29) is 18.6 Å². The van der Waals surface area contributed by atoms with Crippen molar-refractivity contribution in [2.75, 3.05) is 19.8 Å². The number of hydrogen-bond donors (Lipinski definition) is 1. The van der Waals surface area contributed by atoms with Crippen LogP contribution in [0.15, 0.2) is 22.7 Å². The van der Waals surface area contributed by atoms with E-state index in [1.165, 1.54) is 0 Å². The zero-order valence-corrected chi connectivity index (χ0v) is 17.2. The number of nitrogens with zero attached hydrogens (tertiary/aromatic N) is 1. The van der Waals surface area contributed by atoms with Crippen LogP contribution in [0.25, 0.3) is 0 Å². The highest BCUT2D eigenvalue weighted by Crippen LogP contribution is 2.48. The average Bonchev–Trinajstić information content (AvgIpc) is 2.54. The molecule has 9 heteroatoms. The fraction of sp³-hybridized carbons (Fsp3) is 0.588. The lowest BCUT2D eigenvalue weighted by atomic mass is 9.80. The molecule has 1 aromatic rings. The highest BCUT2D eigenvalue weighted by Gasteiger charge is 2.58. The van der Waals surface area contributed by atoms with E-state index in [0.29, 0.717) is 10.2 Å². The molecule has 0 unspecified atom stereocenters. The largest absolute Gasteiger partial charge is 0.493 e. The molecule has 0 radical (unpaired) electrons. The summed E-state index contributed by atoms with van der Waals surface area (Å²) in [5, 5.41) is 8.57. The Hall–Kier alpha value is -1.08. The van der Waals surface area contributed by atoms with Crippen molar-refractivity contribution in [1.82, 2.24) is 4.72 Å². The van der Waals surface area contributed by atoms with Crippen LogP contribution in [0.3, 0.4) is 0 Å². The van der Waals surface area contributed by atoms with Gasteiger partial charge in [-0.2, -0.15) is 5.26 Å². The predicted molar refractivity (Wildman–Crippen MR) is 98.3 cm³/mol. The lowest BCUT2D eigenvalue weighted by molar-refractivity contribution is -0.142. The Morgan fingerprint density at radius 2 is 2.15 bits per heavy atom. The van der Waals surface area contributed by atoms with Crippen molar-refractivity contribution in [3.05, 3.63) is 28.2 Å². The summed E-state index contributed by atoms with van der Waals surface area (Å²) in [6.45, 7) is 3.73. The van der Waals surface area contributed by atoms with Crippen LogP contribution in [-0.2, 0) is 21.3 Å². The van der Waals surface area contributed by atoms with Crippen molar-refractivity contribution >= 4 is 26.9 Å². The van der Waals surface area contributed by atoms with E-state index in [1.807, 2.05) is 0 Å². The molecule has 5 nitrogen and oxygen atoms in total. The highest BCUT2D eigenvalue weighted by molar-refractivity contribution is 9.10. The summed E-state index contributed by atoms with van der Waals surface area (Å²) < 4.78 is 56.3. The Kier molecular flexibility index (Phi) is 6.44. The normalized spacial score (nSPS) is 21.4. The zero-order chi connectivity index (χ0) is 19.6. The van der Waals surface area contributed by atoms with Gasteiger partial charge in [-0.3, -0.25) is 0 Å². The second-order valence-corrected chi connectivity index (χ2v) is 9.86. The van der Waals surface area contributed by atoms with E-state index >= 15 is 8.78 Å². The number of alkyl halides is 2. The maximum Gasteiger partial charge on any atom is 0.293 e. The number of rotatable bonds is 6. The Labute approximate surface area is 162 Å². The summed E-state index contributed by atoms with van der Waals surface area (Å²) in [6, 6.07) is 6.51. The van der Waals surface area contributed by atoms with Crippen molar-refractivity contribution in [3.8, 4) is 11.8 Å². The molecule has 0 spiro atoms. The minimum atomic E-state index is -3.43. The van der Waals surface area contributed by atoms with Crippen molar-refractivity contribution < 1.29 is 22.5 Å². The second-order valence-electron chi connectivity index (χ2n) is 6.98. The number of hydrogen-bond acceptors (Lipinski definition) is 4. The molecular weight excluding hydrogens is 430 g/mol. The Balaban J connectivity index is 2.56. The van der Waals surface area contributed by atoms with E-state index in [2.05, 4.69) is 20.7 Å². The summed E-state index contributed by atoms with van der Waals surface area (Å²) in [5.41, 5.74) is -1.74. The number of benzene rings is 1. The summed E-state index contributed by atoms with van der Waals surface area (Å²) in [6.07, 6.45) is -0.0960. The topological polar surface area (TPSA) is 71.3 Å². The van der Waals surface area contributed by atoms with Crippen LogP contribution in [0.2, 0.25) is 0 Å². The standard InChI is InChI=1S/C17H21BrF2N2O3S/c1-15(2,3)26(23)22-16(17(19,20)11-24-9-7-21)6-8-25-14-5-4-12(18)10-13(14)16/h4-5,10,22H,6,8-9,11H2,1-3H3/t16-,26+/m1/s1. The van der Waals surface area contributed by atoms with Crippen LogP contribution in [0, 0.1) is 11.3 Å². The minimum Gasteiger partial charge on any atom is -0.493 e. The molecule has 0 aromatic heterocycles. The summed E-state index contributed by atoms with van der Waals surface area (Å²) in [5.74, 6) is -3.12. The van der Waals surface area contributed by atoms with Crippen LogP contribution in [0.5, 0.6) is 5.75 Å². The maximum atomic E-state index is 15.3. The van der Waals surface area contributed by atoms with Gasteiger partial charge in [-0.05, 0) is 39.0 Å². The van der Waals surface area contributed by atoms with Gasteiger partial charge in [0, 0.05) is 16.5 Å². The quantitative estimate of drug-likeness (QED) is 0.671. The van der Waals surface area contributed by atoms with Crippen molar-refractivity contribution in [2.45, 2.75) is 43.4 Å². The van der Waals surface area contributed by atoms with E-state index in [4.69, 9.17) is 14.7 Å². The van der Waals surface area contributed by atoms with Crippen molar-refractivity contribution in [1.29, 1.82) is 5.26 Å². The molecule has 0 saturated heterocycles. The van der Waals surface area contributed by atoms with Crippen LogP contribution < -0.4 is 9.46 Å². The van der Waals surface area contributed by atoms with Gasteiger partial charge >= 0.3 is 0 Å². The summed E-state index contributed by atoms with van der Waals surface area (Å²) in [4.78, 5) is 0. The van der Waals surface area contributed by atoms with Crippen molar-refractivity contribution in [3.63, 3.8) is 0 Å². The summed E-state index contributed by atoms with van der Waals surface area (Å²) in [7, 11) is -1.76. The molecule has 144 valence electrons. The lowest BCUT2D eigenvalue weighted by Gasteiger charge is -2.45. The van der Waals surface area contributed by atoms with Gasteiger partial charge in [0.2, 0.25) is 0 Å². The molecular formula is C17H21BrF2N2O3S. The zero-order valence-electron chi connectivity index (χ0n) is 14.8. The molecule has 1 aliphatic rings. The first-order chi connectivity index (χ1) is 12.0. The average molecular weight is 451 g/mol. The number of fused-ring (bicyclic) bond motifs is 1. The smallest absolute Gasteiger partial charge is 0.293 e. The Morgan fingerprint density at radius 1 is 1.46 bits per heavy atom. The van der Waals surface area contributed by atoms with Gasteiger partial charge in [0.05, 0.1) is 28.4 Å². The first-order valence-corrected chi connectivity index (χ1v) is 9.93. The third-order valence-electron chi connectivity index (χ3n) is 4.03. The molecule has 0 saturated carbocycles. The molecule has 1 aromatic carbocycles. The van der Waals surface area contributed by atoms with E-state index in [1.54, 1.807) is 45.0 Å². The SMILES string of the molecule is CC(C)(C)[S@](=O)N[C@]1(C(F)(F)COCC#N)CCOc2ccc(Br)cc21. The van der Waals surface area contributed by atoms with Gasteiger partial charge in [-0.15, -0.1) is 0 Å². The molecule has 1 N–H and O–H groups in total. The van der Waals surface area contributed by atoms with Crippen molar-refractivity contribution in [2.24, 2.45) is 0 Å². The maximum absolute atomic E-state index is 15.3. The van der Waals surface area contributed by atoms with Gasteiger partial charge in [-0.1, -0.05) is 15.9 Å². The molecule has 0 fully saturated rings. The molecule has 26 heavy (non-hydrogen) atoms. The van der Waals surface area contributed by atoms with Crippen LogP contribution in [0.1, 0.15) is 32.8 Å². The molecule has 0 bridgehead atoms. The number of nitrogens with one attached hydrogen (secondary N) is 1. The van der Waals surface area contributed by atoms with Crippen LogP contribution in [-0.4, -0.2) is 34.7 Å². The Bertz CT molecular complexity index is 734. The van der Waals surface area contributed by atoms with E-state index < -0.39 is 40.4 Å². The molecule has 1 heterocycles. The molecule has 2 atom stereocenters. The Morgan fingerprint density at radius 3 is 2.77 bits per heavy atom. The third kappa shape index (κ3) is 4.25. The predicted octanol–water partition coefficient (Wildman–Crippen LogP) is 3.65. The molecule has 2 rings (SSSR count). The van der Waals surface area contributed by atoms with Crippen LogP contribution >= 0.6 is 15.9 Å². The van der Waals surface area contributed by atoms with Gasteiger partial charge in [0.1, 0.15) is 24.5 Å². The number of ether oxygens (including phenoxy) is 2. The molecule has 0 aliphatic carbocycles.